The smallest absolute Gasteiger partial charge is 0.267 e. The maximum Gasteiger partial charge on any atom is 0.267 e. The van der Waals surface area contributed by atoms with Crippen molar-refractivity contribution < 1.29 is 17.8 Å². The van der Waals surface area contributed by atoms with Crippen molar-refractivity contribution in [2.75, 3.05) is 6.54 Å². The van der Waals surface area contributed by atoms with Crippen molar-refractivity contribution in [2.45, 2.75) is 24.1 Å². The van der Waals surface area contributed by atoms with Crippen molar-refractivity contribution in [2.24, 2.45) is 14.1 Å². The summed E-state index contributed by atoms with van der Waals surface area (Å²) in [6.07, 6.45) is 9.57. The standard InChI is InChI=1S/C24H26BN3O3S/c1-5-15-28(32(30,31)21-13-11-19(2)12-14-21)23(29)22(18-20-9-7-6-8-10-20)25-24-26(3)16-17-27(24)4/h1,6-14,16-17,22H,15,18H2,2-4H3. The number of carbonyl (C=O) groups excluding carboxylic acids is 1. The number of rotatable bonds is 8. The van der Waals surface area contributed by atoms with E-state index in [-0.39, 0.29) is 11.4 Å². The average Bonchev–Trinajstić information content (AvgIpc) is 3.09. The summed E-state index contributed by atoms with van der Waals surface area (Å²) in [4.78, 5) is 13.7. The molecular weight excluding hydrogens is 421 g/mol. The van der Waals surface area contributed by atoms with E-state index >= 15 is 0 Å². The molecule has 3 rings (SSSR count). The third kappa shape index (κ3) is 5.12. The van der Waals surface area contributed by atoms with Gasteiger partial charge in [-0.2, -0.15) is 7.28 Å². The first-order chi connectivity index (χ1) is 15.2. The summed E-state index contributed by atoms with van der Waals surface area (Å²) in [6.45, 7) is 1.53. The quantitative estimate of drug-likeness (QED) is 0.298. The van der Waals surface area contributed by atoms with Crippen LogP contribution in [0.5, 0.6) is 0 Å². The summed E-state index contributed by atoms with van der Waals surface area (Å²) in [5.41, 5.74) is 2.63. The molecule has 2 aromatic carbocycles. The van der Waals surface area contributed by atoms with Gasteiger partial charge in [-0.05, 0) is 19.1 Å². The molecule has 32 heavy (non-hydrogen) atoms. The fourth-order valence-corrected chi connectivity index (χ4v) is 4.84. The Morgan fingerprint density at radius 1 is 1.19 bits per heavy atom. The molecule has 1 unspecified atom stereocenters. The van der Waals surface area contributed by atoms with Gasteiger partial charge in [0, 0.05) is 5.72 Å². The van der Waals surface area contributed by atoms with Gasteiger partial charge in [0.1, 0.15) is 12.4 Å². The van der Waals surface area contributed by atoms with Crippen LogP contribution in [0.1, 0.15) is 11.1 Å². The van der Waals surface area contributed by atoms with Gasteiger partial charge < -0.3 is 0 Å². The zero-order valence-corrected chi connectivity index (χ0v) is 19.3. The van der Waals surface area contributed by atoms with E-state index < -0.39 is 21.7 Å². The number of sulfonamides is 1. The topological polar surface area (TPSA) is 63.3 Å². The molecule has 0 aliphatic rings. The minimum atomic E-state index is -4.11. The monoisotopic (exact) mass is 447 g/mol. The van der Waals surface area contributed by atoms with Crippen LogP contribution in [0.15, 0.2) is 71.9 Å². The second kappa shape index (κ2) is 9.88. The maximum atomic E-state index is 13.7. The number of aryl methyl sites for hydroxylation is 3. The van der Waals surface area contributed by atoms with Crippen molar-refractivity contribution in [3.63, 3.8) is 0 Å². The van der Waals surface area contributed by atoms with E-state index in [0.717, 1.165) is 21.2 Å². The van der Waals surface area contributed by atoms with Crippen LogP contribution < -0.4 is 10.3 Å². The van der Waals surface area contributed by atoms with E-state index in [1.807, 2.05) is 72.9 Å². The highest BCUT2D eigenvalue weighted by molar-refractivity contribution is 7.89. The predicted molar refractivity (Wildman–Crippen MR) is 125 cm³/mol. The van der Waals surface area contributed by atoms with Gasteiger partial charge in [0.05, 0.1) is 25.5 Å². The van der Waals surface area contributed by atoms with Gasteiger partial charge in [-0.3, -0.25) is 13.9 Å². The number of aromatic nitrogens is 2. The highest BCUT2D eigenvalue weighted by atomic mass is 32.2. The molecule has 8 heteroatoms. The normalized spacial score (nSPS) is 12.2. The third-order valence-electron chi connectivity index (χ3n) is 5.29. The Balaban J connectivity index is 2.01. The lowest BCUT2D eigenvalue weighted by molar-refractivity contribution is -0.653. The highest BCUT2D eigenvalue weighted by Gasteiger charge is 2.30. The number of hydrogen-bond acceptors (Lipinski definition) is 3. The summed E-state index contributed by atoms with van der Waals surface area (Å²) in [6, 6.07) is 15.9. The molecule has 3 aromatic rings. The van der Waals surface area contributed by atoms with Crippen LogP contribution >= 0.6 is 0 Å². The largest absolute Gasteiger partial charge is 0.280 e. The number of carbonyl (C=O) groups is 1. The van der Waals surface area contributed by atoms with Crippen molar-refractivity contribution in [1.29, 1.82) is 0 Å². The lowest BCUT2D eigenvalue weighted by Crippen LogP contribution is -2.53. The minimum absolute atomic E-state index is 0.0367. The van der Waals surface area contributed by atoms with Crippen molar-refractivity contribution in [1.82, 2.24) is 8.87 Å². The number of imidazole rings is 1. The zero-order chi connectivity index (χ0) is 23.3. The molecule has 0 aliphatic heterocycles. The molecule has 0 bridgehead atoms. The van der Waals surface area contributed by atoms with Crippen molar-refractivity contribution in [3.05, 3.63) is 78.1 Å². The molecule has 1 aromatic heterocycles. The number of nitrogens with zero attached hydrogens (tertiary/aromatic N) is 3. The molecule has 0 fully saturated rings. The van der Waals surface area contributed by atoms with Crippen molar-refractivity contribution in [3.8, 4) is 12.3 Å². The van der Waals surface area contributed by atoms with E-state index in [0.29, 0.717) is 6.42 Å². The van der Waals surface area contributed by atoms with Gasteiger partial charge in [-0.25, -0.2) is 12.7 Å². The van der Waals surface area contributed by atoms with Gasteiger partial charge in [0.25, 0.3) is 10.0 Å². The second-order valence-electron chi connectivity index (χ2n) is 7.71. The Kier molecular flexibility index (Phi) is 7.21. The van der Waals surface area contributed by atoms with Crippen LogP contribution in [0, 0.1) is 19.3 Å². The Hall–Kier alpha value is -3.31. The third-order valence-corrected chi connectivity index (χ3v) is 7.05. The molecule has 1 atom stereocenters. The van der Waals surface area contributed by atoms with Crippen LogP contribution in [0.25, 0.3) is 0 Å². The highest BCUT2D eigenvalue weighted by Crippen LogP contribution is 2.23. The van der Waals surface area contributed by atoms with Crippen LogP contribution in [0.2, 0.25) is 5.82 Å². The number of terminal acetylenes is 1. The molecule has 164 valence electrons. The van der Waals surface area contributed by atoms with Crippen LogP contribution in [0.3, 0.4) is 0 Å². The SMILES string of the molecule is C#CCN(C(=O)C([B-]c1n(C)cc[n+]1C)Cc1ccccc1)S(=O)(=O)c1ccc(C)cc1. The van der Waals surface area contributed by atoms with Crippen molar-refractivity contribution >= 4 is 28.9 Å². The van der Waals surface area contributed by atoms with E-state index in [9.17, 15) is 13.2 Å². The summed E-state index contributed by atoms with van der Waals surface area (Å²) in [5, 5.41) is 0. The fraction of sp³-hybridized carbons (Fsp3) is 0.250. The Labute approximate surface area is 190 Å². The van der Waals surface area contributed by atoms with E-state index in [1.165, 1.54) is 12.1 Å². The molecule has 0 N–H and O–H groups in total. The van der Waals surface area contributed by atoms with Gasteiger partial charge in [-0.15, -0.1) is 12.2 Å². The van der Waals surface area contributed by atoms with Gasteiger partial charge in [0.2, 0.25) is 5.91 Å². The number of amides is 1. The minimum Gasteiger partial charge on any atom is -0.280 e. The first kappa shape index (κ1) is 23.4. The van der Waals surface area contributed by atoms with Gasteiger partial charge >= 0.3 is 0 Å². The van der Waals surface area contributed by atoms with Gasteiger partial charge in [0.15, 0.2) is 0 Å². The van der Waals surface area contributed by atoms with E-state index in [2.05, 4.69) is 5.92 Å². The molecule has 1 heterocycles. The fourth-order valence-electron chi connectivity index (χ4n) is 3.49. The molecule has 1 amide bonds. The summed E-state index contributed by atoms with van der Waals surface area (Å²) in [7, 11) is 1.43. The Bertz CT molecular complexity index is 1210. The van der Waals surface area contributed by atoms with Gasteiger partial charge in [-0.1, -0.05) is 65.9 Å². The van der Waals surface area contributed by atoms with Crippen LogP contribution in [0.4, 0.5) is 0 Å². The molecular formula is C24H26BN3O3S. The summed E-state index contributed by atoms with van der Waals surface area (Å²) in [5.74, 6) is 1.05. The number of hydrogen-bond donors (Lipinski definition) is 0. The molecule has 0 spiro atoms. The molecule has 0 saturated carbocycles. The first-order valence-corrected chi connectivity index (χ1v) is 11.6. The Morgan fingerprint density at radius 3 is 2.41 bits per heavy atom. The zero-order valence-electron chi connectivity index (χ0n) is 18.5. The Morgan fingerprint density at radius 2 is 1.84 bits per heavy atom. The number of benzene rings is 2. The lowest BCUT2D eigenvalue weighted by atomic mass is 9.60. The predicted octanol–water partition coefficient (Wildman–Crippen LogP) is 1.37. The van der Waals surface area contributed by atoms with E-state index in [4.69, 9.17) is 6.42 Å². The molecule has 6 nitrogen and oxygen atoms in total. The van der Waals surface area contributed by atoms with E-state index in [1.54, 1.807) is 19.4 Å². The molecule has 0 aliphatic carbocycles. The second-order valence-corrected chi connectivity index (χ2v) is 9.57. The lowest BCUT2D eigenvalue weighted by Gasteiger charge is -2.31. The molecule has 0 saturated heterocycles. The summed E-state index contributed by atoms with van der Waals surface area (Å²) >= 11 is 0. The van der Waals surface area contributed by atoms with Crippen LogP contribution in [-0.4, -0.2) is 37.0 Å². The summed E-state index contributed by atoms with van der Waals surface area (Å²) < 4.78 is 31.3. The molecule has 2 radical (unpaired) electrons. The first-order valence-electron chi connectivity index (χ1n) is 10.2. The average molecular weight is 447 g/mol. The maximum absolute atomic E-state index is 13.7. The van der Waals surface area contributed by atoms with Crippen LogP contribution in [-0.2, 0) is 35.3 Å².